The zero-order chi connectivity index (χ0) is 9.19. The molecule has 0 heterocycles. The molecule has 0 aliphatic heterocycles. The predicted octanol–water partition coefficient (Wildman–Crippen LogP) is 2.30. The molecule has 1 fully saturated rings. The smallest absolute Gasteiger partial charge is 0.330 e. The SMILES string of the molecule is COC(=O)/C=C1/CCCC1(C)C. The second kappa shape index (κ2) is 3.30. The van der Waals surface area contributed by atoms with Gasteiger partial charge < -0.3 is 4.74 Å². The number of ether oxygens (including phenoxy) is 1. The lowest BCUT2D eigenvalue weighted by Crippen LogP contribution is -2.09. The lowest BCUT2D eigenvalue weighted by Gasteiger charge is -2.18. The number of hydrogen-bond donors (Lipinski definition) is 0. The molecule has 0 atom stereocenters. The van der Waals surface area contributed by atoms with Gasteiger partial charge >= 0.3 is 5.97 Å². The Labute approximate surface area is 73.6 Å². The number of carbonyl (C=O) groups is 1. The molecule has 68 valence electrons. The maximum Gasteiger partial charge on any atom is 0.330 e. The second-order valence-electron chi connectivity index (χ2n) is 3.93. The van der Waals surface area contributed by atoms with E-state index < -0.39 is 0 Å². The Morgan fingerprint density at radius 2 is 2.25 bits per heavy atom. The molecule has 12 heavy (non-hydrogen) atoms. The first-order valence-electron chi connectivity index (χ1n) is 4.35. The summed E-state index contributed by atoms with van der Waals surface area (Å²) in [4.78, 5) is 11.0. The number of esters is 1. The monoisotopic (exact) mass is 168 g/mol. The average Bonchev–Trinajstić information content (AvgIpc) is 2.31. The van der Waals surface area contributed by atoms with Gasteiger partial charge in [-0.2, -0.15) is 0 Å². The first-order valence-corrected chi connectivity index (χ1v) is 4.35. The van der Waals surface area contributed by atoms with Crippen LogP contribution in [0.15, 0.2) is 11.6 Å². The van der Waals surface area contributed by atoms with Crippen molar-refractivity contribution in [3.63, 3.8) is 0 Å². The van der Waals surface area contributed by atoms with E-state index in [1.807, 2.05) is 0 Å². The van der Waals surface area contributed by atoms with Gasteiger partial charge in [-0.25, -0.2) is 4.79 Å². The highest BCUT2D eigenvalue weighted by Gasteiger charge is 2.29. The third-order valence-electron chi connectivity index (χ3n) is 2.61. The molecular weight excluding hydrogens is 152 g/mol. The summed E-state index contributed by atoms with van der Waals surface area (Å²) in [7, 11) is 1.42. The molecule has 0 aromatic rings. The van der Waals surface area contributed by atoms with Crippen molar-refractivity contribution in [3.05, 3.63) is 11.6 Å². The van der Waals surface area contributed by atoms with Crippen LogP contribution >= 0.6 is 0 Å². The average molecular weight is 168 g/mol. The Kier molecular flexibility index (Phi) is 2.55. The van der Waals surface area contributed by atoms with Crippen molar-refractivity contribution in [2.75, 3.05) is 7.11 Å². The Hall–Kier alpha value is -0.790. The lowest BCUT2D eigenvalue weighted by atomic mass is 9.87. The highest BCUT2D eigenvalue weighted by molar-refractivity contribution is 5.83. The van der Waals surface area contributed by atoms with Crippen molar-refractivity contribution in [2.24, 2.45) is 5.41 Å². The Morgan fingerprint density at radius 1 is 1.58 bits per heavy atom. The van der Waals surface area contributed by atoms with Crippen LogP contribution in [0.3, 0.4) is 0 Å². The summed E-state index contributed by atoms with van der Waals surface area (Å²) in [6.45, 7) is 4.35. The van der Waals surface area contributed by atoms with E-state index >= 15 is 0 Å². The van der Waals surface area contributed by atoms with Crippen LogP contribution in [0.2, 0.25) is 0 Å². The number of allylic oxidation sites excluding steroid dienone is 1. The standard InChI is InChI=1S/C10H16O2/c1-10(2)6-4-5-8(10)7-9(11)12-3/h7H,4-6H2,1-3H3/b8-7-. The number of hydrogen-bond acceptors (Lipinski definition) is 2. The first kappa shape index (κ1) is 9.30. The molecule has 0 radical (unpaired) electrons. The minimum atomic E-state index is -0.222. The van der Waals surface area contributed by atoms with Crippen molar-refractivity contribution < 1.29 is 9.53 Å². The van der Waals surface area contributed by atoms with Crippen LogP contribution in [0, 0.1) is 5.41 Å². The van der Waals surface area contributed by atoms with E-state index in [1.54, 1.807) is 6.08 Å². The third kappa shape index (κ3) is 1.87. The summed E-state index contributed by atoms with van der Waals surface area (Å²) in [6.07, 6.45) is 5.06. The maximum absolute atomic E-state index is 11.0. The Balaban J connectivity index is 2.74. The van der Waals surface area contributed by atoms with Gasteiger partial charge in [-0.15, -0.1) is 0 Å². The van der Waals surface area contributed by atoms with Gasteiger partial charge in [0.2, 0.25) is 0 Å². The van der Waals surface area contributed by atoms with E-state index in [9.17, 15) is 4.79 Å². The van der Waals surface area contributed by atoms with Gasteiger partial charge in [0.25, 0.3) is 0 Å². The molecule has 0 amide bonds. The third-order valence-corrected chi connectivity index (χ3v) is 2.61. The quantitative estimate of drug-likeness (QED) is 0.443. The van der Waals surface area contributed by atoms with Crippen molar-refractivity contribution in [1.29, 1.82) is 0 Å². The molecular formula is C10H16O2. The molecule has 2 nitrogen and oxygen atoms in total. The minimum Gasteiger partial charge on any atom is -0.466 e. The van der Waals surface area contributed by atoms with Crippen LogP contribution in [0.1, 0.15) is 33.1 Å². The van der Waals surface area contributed by atoms with Crippen LogP contribution < -0.4 is 0 Å². The number of carbonyl (C=O) groups excluding carboxylic acids is 1. The van der Waals surface area contributed by atoms with E-state index in [4.69, 9.17) is 0 Å². The highest BCUT2D eigenvalue weighted by Crippen LogP contribution is 2.41. The van der Waals surface area contributed by atoms with Crippen LogP contribution in [0.5, 0.6) is 0 Å². The summed E-state index contributed by atoms with van der Waals surface area (Å²) < 4.78 is 4.59. The summed E-state index contributed by atoms with van der Waals surface area (Å²) in [5.41, 5.74) is 1.43. The van der Waals surface area contributed by atoms with Gasteiger partial charge in [-0.1, -0.05) is 19.4 Å². The van der Waals surface area contributed by atoms with Crippen molar-refractivity contribution in [3.8, 4) is 0 Å². The van der Waals surface area contributed by atoms with Gasteiger partial charge in [0.15, 0.2) is 0 Å². The van der Waals surface area contributed by atoms with Gasteiger partial charge in [0, 0.05) is 6.08 Å². The van der Waals surface area contributed by atoms with E-state index in [0.717, 1.165) is 6.42 Å². The van der Waals surface area contributed by atoms with Crippen molar-refractivity contribution in [1.82, 2.24) is 0 Å². The predicted molar refractivity (Wildman–Crippen MR) is 47.7 cm³/mol. The fourth-order valence-corrected chi connectivity index (χ4v) is 1.69. The van der Waals surface area contributed by atoms with Gasteiger partial charge in [0.1, 0.15) is 0 Å². The van der Waals surface area contributed by atoms with Gasteiger partial charge in [-0.3, -0.25) is 0 Å². The largest absolute Gasteiger partial charge is 0.466 e. The van der Waals surface area contributed by atoms with E-state index in [1.165, 1.54) is 25.5 Å². The van der Waals surface area contributed by atoms with Crippen LogP contribution in [-0.4, -0.2) is 13.1 Å². The fourth-order valence-electron chi connectivity index (χ4n) is 1.69. The molecule has 1 aliphatic rings. The van der Waals surface area contributed by atoms with Crippen LogP contribution in [0.4, 0.5) is 0 Å². The molecule has 0 spiro atoms. The highest BCUT2D eigenvalue weighted by atomic mass is 16.5. The summed E-state index contributed by atoms with van der Waals surface area (Å²) in [5, 5.41) is 0. The molecule has 0 aromatic carbocycles. The lowest BCUT2D eigenvalue weighted by molar-refractivity contribution is -0.134. The topological polar surface area (TPSA) is 26.3 Å². The molecule has 0 saturated heterocycles. The molecule has 0 unspecified atom stereocenters. The minimum absolute atomic E-state index is 0.203. The van der Waals surface area contributed by atoms with Gasteiger partial charge in [-0.05, 0) is 24.7 Å². The van der Waals surface area contributed by atoms with E-state index in [2.05, 4.69) is 18.6 Å². The maximum atomic E-state index is 11.0. The molecule has 1 saturated carbocycles. The molecule has 1 rings (SSSR count). The Morgan fingerprint density at radius 3 is 2.67 bits per heavy atom. The summed E-state index contributed by atoms with van der Waals surface area (Å²) >= 11 is 0. The zero-order valence-corrected chi connectivity index (χ0v) is 8.02. The molecule has 0 N–H and O–H groups in total. The molecule has 0 aromatic heterocycles. The molecule has 0 bridgehead atoms. The van der Waals surface area contributed by atoms with Crippen molar-refractivity contribution >= 4 is 5.97 Å². The van der Waals surface area contributed by atoms with E-state index in [-0.39, 0.29) is 11.4 Å². The van der Waals surface area contributed by atoms with Crippen LogP contribution in [-0.2, 0) is 9.53 Å². The fraction of sp³-hybridized carbons (Fsp3) is 0.700. The Bertz CT molecular complexity index is 214. The normalized spacial score (nSPS) is 24.4. The zero-order valence-electron chi connectivity index (χ0n) is 8.02. The van der Waals surface area contributed by atoms with Crippen molar-refractivity contribution in [2.45, 2.75) is 33.1 Å². The first-order chi connectivity index (χ1) is 5.56. The van der Waals surface area contributed by atoms with Gasteiger partial charge in [0.05, 0.1) is 7.11 Å². The second-order valence-corrected chi connectivity index (χ2v) is 3.93. The number of methoxy groups -OCH3 is 1. The number of rotatable bonds is 1. The van der Waals surface area contributed by atoms with Crippen LogP contribution in [0.25, 0.3) is 0 Å². The summed E-state index contributed by atoms with van der Waals surface area (Å²) in [5.74, 6) is -0.222. The van der Waals surface area contributed by atoms with E-state index in [0.29, 0.717) is 0 Å². The summed E-state index contributed by atoms with van der Waals surface area (Å²) in [6, 6.07) is 0. The molecule has 2 heteroatoms. The molecule has 1 aliphatic carbocycles.